The van der Waals surface area contributed by atoms with Gasteiger partial charge >= 0.3 is 6.18 Å². The number of nitrogens with one attached hydrogen (secondary N) is 2. The van der Waals surface area contributed by atoms with Gasteiger partial charge in [-0.25, -0.2) is 4.39 Å². The van der Waals surface area contributed by atoms with Gasteiger partial charge in [-0.05, 0) is 29.0 Å². The molecular formula is C22H17F4N3. The first-order chi connectivity index (χ1) is 13.9. The number of fused-ring (bicyclic) bond motifs is 1. The second-order valence-corrected chi connectivity index (χ2v) is 6.70. The first-order valence-electron chi connectivity index (χ1n) is 9.00. The number of nitrogens with zero attached hydrogens (tertiary/aromatic N) is 1. The zero-order valence-electron chi connectivity index (χ0n) is 15.2. The SMILES string of the molecule is Fc1ccc(C(F)(F)F)cc1CNCc1cn[nH]c1-c1cccc2ccccc12. The highest BCUT2D eigenvalue weighted by Gasteiger charge is 2.31. The van der Waals surface area contributed by atoms with E-state index in [0.717, 1.165) is 45.8 Å². The smallest absolute Gasteiger partial charge is 0.308 e. The summed E-state index contributed by atoms with van der Waals surface area (Å²) in [6.45, 7) is 0.292. The number of aromatic amines is 1. The molecule has 0 radical (unpaired) electrons. The van der Waals surface area contributed by atoms with Crippen molar-refractivity contribution in [2.24, 2.45) is 0 Å². The summed E-state index contributed by atoms with van der Waals surface area (Å²) in [5, 5.41) is 12.3. The maximum absolute atomic E-state index is 13.9. The molecule has 0 atom stereocenters. The molecule has 4 aromatic rings. The summed E-state index contributed by atoms with van der Waals surface area (Å²) < 4.78 is 52.5. The number of halogens is 4. The molecule has 0 saturated carbocycles. The summed E-state index contributed by atoms with van der Waals surface area (Å²) in [5.74, 6) is -0.674. The van der Waals surface area contributed by atoms with Gasteiger partial charge in [-0.15, -0.1) is 0 Å². The van der Waals surface area contributed by atoms with Gasteiger partial charge < -0.3 is 5.32 Å². The summed E-state index contributed by atoms with van der Waals surface area (Å²) in [6.07, 6.45) is -2.85. The van der Waals surface area contributed by atoms with Gasteiger partial charge in [0.25, 0.3) is 0 Å². The average molecular weight is 399 g/mol. The monoisotopic (exact) mass is 399 g/mol. The van der Waals surface area contributed by atoms with Gasteiger partial charge in [-0.3, -0.25) is 5.10 Å². The average Bonchev–Trinajstić information content (AvgIpc) is 3.16. The fourth-order valence-corrected chi connectivity index (χ4v) is 3.34. The van der Waals surface area contributed by atoms with Crippen LogP contribution in [0.15, 0.2) is 66.9 Å². The third kappa shape index (κ3) is 4.00. The minimum Gasteiger partial charge on any atom is -0.308 e. The van der Waals surface area contributed by atoms with Crippen LogP contribution in [0.1, 0.15) is 16.7 Å². The Labute approximate surface area is 164 Å². The van der Waals surface area contributed by atoms with Crippen molar-refractivity contribution in [2.75, 3.05) is 0 Å². The molecule has 0 aliphatic heterocycles. The predicted molar refractivity (Wildman–Crippen MR) is 103 cm³/mol. The lowest BCUT2D eigenvalue weighted by atomic mass is 10.00. The standard InChI is InChI=1S/C22H17F4N3/c23-20-9-8-17(22(24,25)26)10-15(20)11-27-12-16-13-28-29-21(16)19-7-3-5-14-4-1-2-6-18(14)19/h1-10,13,27H,11-12H2,(H,28,29). The molecule has 1 aromatic heterocycles. The molecule has 3 aromatic carbocycles. The Morgan fingerprint density at radius 1 is 0.897 bits per heavy atom. The van der Waals surface area contributed by atoms with Crippen LogP contribution in [0.5, 0.6) is 0 Å². The van der Waals surface area contributed by atoms with Gasteiger partial charge in [-0.2, -0.15) is 18.3 Å². The molecule has 0 fully saturated rings. The molecule has 148 valence electrons. The van der Waals surface area contributed by atoms with Crippen LogP contribution >= 0.6 is 0 Å². The molecule has 0 aliphatic carbocycles. The molecule has 2 N–H and O–H groups in total. The van der Waals surface area contributed by atoms with E-state index < -0.39 is 17.6 Å². The lowest BCUT2D eigenvalue weighted by molar-refractivity contribution is -0.137. The summed E-state index contributed by atoms with van der Waals surface area (Å²) in [6, 6.07) is 16.3. The Morgan fingerprint density at radius 3 is 2.48 bits per heavy atom. The Bertz CT molecular complexity index is 1140. The third-order valence-electron chi connectivity index (χ3n) is 4.78. The number of H-pyrrole nitrogens is 1. The van der Waals surface area contributed by atoms with Gasteiger partial charge in [0.1, 0.15) is 5.82 Å². The molecule has 7 heteroatoms. The van der Waals surface area contributed by atoms with Gasteiger partial charge in [0, 0.05) is 29.8 Å². The summed E-state index contributed by atoms with van der Waals surface area (Å²) in [7, 11) is 0. The Morgan fingerprint density at radius 2 is 1.66 bits per heavy atom. The van der Waals surface area contributed by atoms with Crippen molar-refractivity contribution >= 4 is 10.8 Å². The van der Waals surface area contributed by atoms with E-state index in [-0.39, 0.29) is 12.1 Å². The maximum atomic E-state index is 13.9. The van der Waals surface area contributed by atoms with Crippen molar-refractivity contribution in [1.82, 2.24) is 15.5 Å². The van der Waals surface area contributed by atoms with Crippen molar-refractivity contribution in [3.05, 3.63) is 89.4 Å². The van der Waals surface area contributed by atoms with Crippen molar-refractivity contribution in [2.45, 2.75) is 19.3 Å². The fourth-order valence-electron chi connectivity index (χ4n) is 3.34. The van der Waals surface area contributed by atoms with E-state index in [1.165, 1.54) is 0 Å². The molecule has 0 unspecified atom stereocenters. The highest BCUT2D eigenvalue weighted by Crippen LogP contribution is 2.31. The molecule has 3 nitrogen and oxygen atoms in total. The fraction of sp³-hybridized carbons (Fsp3) is 0.136. The molecule has 0 bridgehead atoms. The molecular weight excluding hydrogens is 382 g/mol. The Hall–Kier alpha value is -3.19. The van der Waals surface area contributed by atoms with Gasteiger partial charge in [0.2, 0.25) is 0 Å². The molecule has 0 saturated heterocycles. The van der Waals surface area contributed by atoms with Crippen LogP contribution in [0, 0.1) is 5.82 Å². The predicted octanol–water partition coefficient (Wildman–Crippen LogP) is 5.68. The zero-order chi connectivity index (χ0) is 20.4. The van der Waals surface area contributed by atoms with Crippen molar-refractivity contribution < 1.29 is 17.6 Å². The quantitative estimate of drug-likeness (QED) is 0.424. The number of aromatic nitrogens is 2. The number of alkyl halides is 3. The molecule has 0 aliphatic rings. The van der Waals surface area contributed by atoms with Crippen LogP contribution in [-0.2, 0) is 19.3 Å². The first kappa shape index (κ1) is 19.1. The lowest BCUT2D eigenvalue weighted by Crippen LogP contribution is -2.15. The van der Waals surface area contributed by atoms with E-state index in [9.17, 15) is 17.6 Å². The molecule has 0 amide bonds. The Balaban J connectivity index is 1.54. The minimum absolute atomic E-state index is 0.0318. The molecule has 0 spiro atoms. The van der Waals surface area contributed by atoms with E-state index in [0.29, 0.717) is 6.54 Å². The van der Waals surface area contributed by atoms with Gasteiger partial charge in [-0.1, -0.05) is 42.5 Å². The van der Waals surface area contributed by atoms with Crippen LogP contribution in [0.25, 0.3) is 22.0 Å². The summed E-state index contributed by atoms with van der Waals surface area (Å²) in [5.41, 5.74) is 1.74. The van der Waals surface area contributed by atoms with Gasteiger partial charge in [0.05, 0.1) is 17.5 Å². The number of rotatable bonds is 5. The Kier molecular flexibility index (Phi) is 5.07. The number of hydrogen-bond acceptors (Lipinski definition) is 2. The van der Waals surface area contributed by atoms with Crippen LogP contribution in [-0.4, -0.2) is 10.2 Å². The van der Waals surface area contributed by atoms with Crippen LogP contribution in [0.4, 0.5) is 17.6 Å². The van der Waals surface area contributed by atoms with E-state index in [1.807, 2.05) is 42.5 Å². The summed E-state index contributed by atoms with van der Waals surface area (Å²) in [4.78, 5) is 0. The van der Waals surface area contributed by atoms with Crippen molar-refractivity contribution in [3.8, 4) is 11.3 Å². The van der Waals surface area contributed by atoms with Crippen LogP contribution in [0.3, 0.4) is 0 Å². The van der Waals surface area contributed by atoms with E-state index in [4.69, 9.17) is 0 Å². The summed E-state index contributed by atoms with van der Waals surface area (Å²) >= 11 is 0. The van der Waals surface area contributed by atoms with E-state index >= 15 is 0 Å². The number of benzene rings is 3. The lowest BCUT2D eigenvalue weighted by Gasteiger charge is -2.11. The molecule has 29 heavy (non-hydrogen) atoms. The third-order valence-corrected chi connectivity index (χ3v) is 4.78. The molecule has 4 rings (SSSR count). The first-order valence-corrected chi connectivity index (χ1v) is 9.00. The highest BCUT2D eigenvalue weighted by atomic mass is 19.4. The van der Waals surface area contributed by atoms with Crippen LogP contribution < -0.4 is 5.32 Å². The van der Waals surface area contributed by atoms with Crippen molar-refractivity contribution in [1.29, 1.82) is 0 Å². The zero-order valence-corrected chi connectivity index (χ0v) is 15.2. The highest BCUT2D eigenvalue weighted by molar-refractivity contribution is 5.96. The van der Waals surface area contributed by atoms with E-state index in [2.05, 4.69) is 15.5 Å². The molecule has 1 heterocycles. The minimum atomic E-state index is -4.51. The second kappa shape index (κ2) is 7.67. The second-order valence-electron chi connectivity index (χ2n) is 6.70. The number of hydrogen-bond donors (Lipinski definition) is 2. The van der Waals surface area contributed by atoms with Crippen LogP contribution in [0.2, 0.25) is 0 Å². The van der Waals surface area contributed by atoms with Gasteiger partial charge in [0.15, 0.2) is 0 Å². The van der Waals surface area contributed by atoms with E-state index in [1.54, 1.807) is 6.20 Å². The normalized spacial score (nSPS) is 11.9. The van der Waals surface area contributed by atoms with Crippen molar-refractivity contribution in [3.63, 3.8) is 0 Å². The largest absolute Gasteiger partial charge is 0.416 e. The topological polar surface area (TPSA) is 40.7 Å². The maximum Gasteiger partial charge on any atom is 0.416 e.